The minimum atomic E-state index is -0.162. The molecule has 1 N–H and O–H groups in total. The summed E-state index contributed by atoms with van der Waals surface area (Å²) in [6.45, 7) is 5.48. The lowest BCUT2D eigenvalue weighted by Crippen LogP contribution is -2.45. The number of benzene rings is 1. The maximum atomic E-state index is 12.9. The van der Waals surface area contributed by atoms with Gasteiger partial charge in [-0.1, -0.05) is 12.0 Å². The molecule has 0 bridgehead atoms. The van der Waals surface area contributed by atoms with E-state index < -0.39 is 0 Å². The summed E-state index contributed by atoms with van der Waals surface area (Å²) in [6.07, 6.45) is 5.43. The minimum Gasteiger partial charge on any atom is -0.377 e. The quantitative estimate of drug-likeness (QED) is 0.857. The Morgan fingerprint density at radius 1 is 1.44 bits per heavy atom. The highest BCUT2D eigenvalue weighted by Crippen LogP contribution is 2.29. The summed E-state index contributed by atoms with van der Waals surface area (Å²) in [6, 6.07) is 6.96. The molecule has 0 saturated carbocycles. The number of aryl methyl sites for hydroxylation is 2. The topological polar surface area (TPSA) is 59.4 Å². The fourth-order valence-corrected chi connectivity index (χ4v) is 3.24. The van der Waals surface area contributed by atoms with Crippen LogP contribution in [0.5, 0.6) is 0 Å². The molecule has 0 aliphatic carbocycles. The molecule has 1 fully saturated rings. The van der Waals surface area contributed by atoms with Gasteiger partial charge in [-0.15, -0.1) is 6.42 Å². The molecule has 0 radical (unpaired) electrons. The molecule has 2 heterocycles. The molecule has 3 rings (SSSR count). The molecule has 25 heavy (non-hydrogen) atoms. The number of nitrogens with one attached hydrogen (secondary N) is 1. The number of morpholine rings is 1. The van der Waals surface area contributed by atoms with E-state index in [4.69, 9.17) is 11.2 Å². The summed E-state index contributed by atoms with van der Waals surface area (Å²) in [5.74, 6) is 2.58. The Balaban J connectivity index is 1.85. The molecule has 2 aromatic rings. The minimum absolute atomic E-state index is 0.154. The van der Waals surface area contributed by atoms with E-state index >= 15 is 0 Å². The molecule has 130 valence electrons. The Labute approximate surface area is 147 Å². The molecule has 1 aliphatic heterocycles. The van der Waals surface area contributed by atoms with Crippen molar-refractivity contribution in [2.75, 3.05) is 25.1 Å². The van der Waals surface area contributed by atoms with E-state index in [0.29, 0.717) is 25.4 Å². The van der Waals surface area contributed by atoms with Gasteiger partial charge in [0, 0.05) is 36.1 Å². The SMILES string of the molecule is C#Cc1cccc(NC(=O)N2CCOC[C@H]2c2c(C)nn(C)c2C)c1. The first-order valence-corrected chi connectivity index (χ1v) is 8.23. The third-order valence-corrected chi connectivity index (χ3v) is 4.57. The van der Waals surface area contributed by atoms with Gasteiger partial charge in [-0.05, 0) is 32.0 Å². The maximum absolute atomic E-state index is 12.9. The van der Waals surface area contributed by atoms with Crippen molar-refractivity contribution in [3.63, 3.8) is 0 Å². The van der Waals surface area contributed by atoms with Crippen LogP contribution in [0.3, 0.4) is 0 Å². The number of nitrogens with zero attached hydrogens (tertiary/aromatic N) is 3. The normalized spacial score (nSPS) is 17.2. The first kappa shape index (κ1) is 17.1. The number of amides is 2. The van der Waals surface area contributed by atoms with Crippen molar-refractivity contribution < 1.29 is 9.53 Å². The van der Waals surface area contributed by atoms with Gasteiger partial charge < -0.3 is 15.0 Å². The lowest BCUT2D eigenvalue weighted by atomic mass is 10.0. The highest BCUT2D eigenvalue weighted by atomic mass is 16.5. The van der Waals surface area contributed by atoms with Crippen molar-refractivity contribution in [2.24, 2.45) is 7.05 Å². The second kappa shape index (κ2) is 6.99. The van der Waals surface area contributed by atoms with Crippen molar-refractivity contribution in [1.29, 1.82) is 0 Å². The van der Waals surface area contributed by atoms with Gasteiger partial charge in [-0.25, -0.2) is 4.79 Å². The van der Waals surface area contributed by atoms with Gasteiger partial charge in [-0.3, -0.25) is 4.68 Å². The van der Waals surface area contributed by atoms with Crippen LogP contribution >= 0.6 is 0 Å². The third-order valence-electron chi connectivity index (χ3n) is 4.57. The number of carbonyl (C=O) groups is 1. The van der Waals surface area contributed by atoms with Crippen LogP contribution in [0.25, 0.3) is 0 Å². The average Bonchev–Trinajstić information content (AvgIpc) is 2.87. The van der Waals surface area contributed by atoms with Crippen LogP contribution in [0.1, 0.15) is 28.6 Å². The Morgan fingerprint density at radius 3 is 2.92 bits per heavy atom. The predicted octanol–water partition coefficient (Wildman–Crippen LogP) is 2.62. The largest absolute Gasteiger partial charge is 0.377 e. The third kappa shape index (κ3) is 3.37. The molecule has 1 saturated heterocycles. The first-order chi connectivity index (χ1) is 12.0. The van der Waals surface area contributed by atoms with E-state index in [1.165, 1.54) is 0 Å². The van der Waals surface area contributed by atoms with Crippen LogP contribution in [0.4, 0.5) is 10.5 Å². The Bertz CT molecular complexity index is 834. The van der Waals surface area contributed by atoms with Crippen molar-refractivity contribution in [3.05, 3.63) is 46.8 Å². The zero-order valence-corrected chi connectivity index (χ0v) is 14.7. The van der Waals surface area contributed by atoms with Crippen molar-refractivity contribution in [1.82, 2.24) is 14.7 Å². The van der Waals surface area contributed by atoms with E-state index in [0.717, 1.165) is 22.5 Å². The Hall–Kier alpha value is -2.78. The molecule has 6 heteroatoms. The molecule has 1 atom stereocenters. The summed E-state index contributed by atoms with van der Waals surface area (Å²) >= 11 is 0. The number of anilines is 1. The van der Waals surface area contributed by atoms with E-state index in [1.54, 1.807) is 6.07 Å². The summed E-state index contributed by atoms with van der Waals surface area (Å²) < 4.78 is 7.48. The lowest BCUT2D eigenvalue weighted by molar-refractivity contribution is 0.0143. The number of carbonyl (C=O) groups excluding carboxylic acids is 1. The maximum Gasteiger partial charge on any atom is 0.322 e. The first-order valence-electron chi connectivity index (χ1n) is 8.23. The molecule has 6 nitrogen and oxygen atoms in total. The second-order valence-electron chi connectivity index (χ2n) is 6.15. The van der Waals surface area contributed by atoms with Crippen LogP contribution < -0.4 is 5.32 Å². The molecule has 2 amide bonds. The fourth-order valence-electron chi connectivity index (χ4n) is 3.24. The van der Waals surface area contributed by atoms with E-state index in [2.05, 4.69) is 16.3 Å². The zero-order valence-electron chi connectivity index (χ0n) is 14.7. The van der Waals surface area contributed by atoms with E-state index in [1.807, 2.05) is 48.7 Å². The fraction of sp³-hybridized carbons (Fsp3) is 0.368. The highest BCUT2D eigenvalue weighted by molar-refractivity contribution is 5.90. The summed E-state index contributed by atoms with van der Waals surface area (Å²) in [7, 11) is 1.91. The van der Waals surface area contributed by atoms with Gasteiger partial charge in [0.1, 0.15) is 0 Å². The number of hydrogen-bond donors (Lipinski definition) is 1. The number of aromatic nitrogens is 2. The monoisotopic (exact) mass is 338 g/mol. The van der Waals surface area contributed by atoms with Gasteiger partial charge in [-0.2, -0.15) is 5.10 Å². The molecule has 0 spiro atoms. The Morgan fingerprint density at radius 2 is 2.24 bits per heavy atom. The summed E-state index contributed by atoms with van der Waals surface area (Å²) in [4.78, 5) is 14.7. The summed E-state index contributed by atoms with van der Waals surface area (Å²) in [5.41, 5.74) is 4.43. The van der Waals surface area contributed by atoms with E-state index in [9.17, 15) is 4.79 Å². The van der Waals surface area contributed by atoms with Crippen LogP contribution in [0, 0.1) is 26.2 Å². The second-order valence-corrected chi connectivity index (χ2v) is 6.15. The van der Waals surface area contributed by atoms with Crippen LogP contribution in [0.2, 0.25) is 0 Å². The van der Waals surface area contributed by atoms with Gasteiger partial charge in [0.05, 0.1) is 24.9 Å². The standard InChI is InChI=1S/C19H22N4O2/c1-5-15-7-6-8-16(11-15)20-19(24)23-9-10-25-12-17(23)18-13(2)21-22(4)14(18)3/h1,6-8,11,17H,9-10,12H2,2-4H3,(H,20,24)/t17-/m0/s1. The van der Waals surface area contributed by atoms with Crippen molar-refractivity contribution >= 4 is 11.7 Å². The van der Waals surface area contributed by atoms with Gasteiger partial charge in [0.15, 0.2) is 0 Å². The van der Waals surface area contributed by atoms with Crippen LogP contribution in [0.15, 0.2) is 24.3 Å². The Kier molecular flexibility index (Phi) is 4.77. The molecule has 0 unspecified atom stereocenters. The summed E-state index contributed by atoms with van der Waals surface area (Å²) in [5, 5.41) is 7.41. The predicted molar refractivity (Wildman–Crippen MR) is 96.3 cm³/mol. The number of urea groups is 1. The van der Waals surface area contributed by atoms with E-state index in [-0.39, 0.29) is 12.1 Å². The number of hydrogen-bond acceptors (Lipinski definition) is 3. The smallest absolute Gasteiger partial charge is 0.322 e. The lowest BCUT2D eigenvalue weighted by Gasteiger charge is -2.36. The zero-order chi connectivity index (χ0) is 18.0. The van der Waals surface area contributed by atoms with Gasteiger partial charge in [0.25, 0.3) is 0 Å². The molecule has 1 aromatic heterocycles. The number of rotatable bonds is 2. The molecule has 1 aliphatic rings. The van der Waals surface area contributed by atoms with Gasteiger partial charge in [0.2, 0.25) is 0 Å². The average molecular weight is 338 g/mol. The van der Waals surface area contributed by atoms with Gasteiger partial charge >= 0.3 is 6.03 Å². The molecular weight excluding hydrogens is 316 g/mol. The number of terminal acetylenes is 1. The molecular formula is C19H22N4O2. The molecule has 1 aromatic carbocycles. The number of ether oxygens (including phenoxy) is 1. The van der Waals surface area contributed by atoms with Crippen molar-refractivity contribution in [3.8, 4) is 12.3 Å². The van der Waals surface area contributed by atoms with Crippen molar-refractivity contribution in [2.45, 2.75) is 19.9 Å². The highest BCUT2D eigenvalue weighted by Gasteiger charge is 2.32. The van der Waals surface area contributed by atoms with Crippen LogP contribution in [-0.2, 0) is 11.8 Å². The van der Waals surface area contributed by atoms with Crippen LogP contribution in [-0.4, -0.2) is 40.5 Å².